The molecule has 10 heteroatoms. The fourth-order valence-electron chi connectivity index (χ4n) is 1.48. The van der Waals surface area contributed by atoms with Crippen molar-refractivity contribution in [3.63, 3.8) is 0 Å². The van der Waals surface area contributed by atoms with Gasteiger partial charge in [-0.1, -0.05) is 0 Å². The highest BCUT2D eigenvalue weighted by molar-refractivity contribution is 9.10. The number of halogens is 1. The molecule has 0 aliphatic heterocycles. The average molecular weight is 375 g/mol. The lowest BCUT2D eigenvalue weighted by atomic mass is 10.4. The number of hydrogen-bond acceptors (Lipinski definition) is 6. The van der Waals surface area contributed by atoms with Gasteiger partial charge >= 0.3 is 5.97 Å². The standard InChI is InChI=1S/C11H11BrN4O4S/c1-2-20-11(17)8-6-14-15-10(8)21(18,19)16-7-3-4-9(12)13-5-7/h3-6,16H,2H2,1H3,(H,14,15). The third kappa shape index (κ3) is 3.58. The second-order valence-electron chi connectivity index (χ2n) is 3.81. The molecular formula is C11H11BrN4O4S. The number of nitrogens with zero attached hydrogens (tertiary/aromatic N) is 2. The Bertz CT molecular complexity index is 742. The molecule has 0 saturated heterocycles. The Morgan fingerprint density at radius 3 is 2.81 bits per heavy atom. The summed E-state index contributed by atoms with van der Waals surface area (Å²) in [4.78, 5) is 15.6. The Labute approximate surface area is 129 Å². The van der Waals surface area contributed by atoms with Gasteiger partial charge in [0.1, 0.15) is 10.2 Å². The van der Waals surface area contributed by atoms with E-state index in [1.54, 1.807) is 13.0 Å². The van der Waals surface area contributed by atoms with Crippen molar-refractivity contribution in [2.24, 2.45) is 0 Å². The summed E-state index contributed by atoms with van der Waals surface area (Å²) in [5.74, 6) is -0.763. The van der Waals surface area contributed by atoms with E-state index in [0.717, 1.165) is 6.20 Å². The van der Waals surface area contributed by atoms with Crippen molar-refractivity contribution < 1.29 is 17.9 Å². The molecule has 8 nitrogen and oxygen atoms in total. The predicted octanol–water partition coefficient (Wildman–Crippen LogP) is 1.54. The number of carbonyl (C=O) groups is 1. The maximum absolute atomic E-state index is 12.2. The monoisotopic (exact) mass is 374 g/mol. The highest BCUT2D eigenvalue weighted by atomic mass is 79.9. The zero-order valence-electron chi connectivity index (χ0n) is 10.8. The van der Waals surface area contributed by atoms with Crippen LogP contribution in [0.25, 0.3) is 0 Å². The maximum atomic E-state index is 12.2. The molecule has 0 atom stereocenters. The quantitative estimate of drug-likeness (QED) is 0.605. The van der Waals surface area contributed by atoms with Gasteiger partial charge in [-0.3, -0.25) is 9.82 Å². The van der Waals surface area contributed by atoms with Crippen LogP contribution in [0, 0.1) is 0 Å². The summed E-state index contributed by atoms with van der Waals surface area (Å²) in [7, 11) is -4.00. The summed E-state index contributed by atoms with van der Waals surface area (Å²) < 4.78 is 32.1. The van der Waals surface area contributed by atoms with Gasteiger partial charge in [-0.25, -0.2) is 9.78 Å². The van der Waals surface area contributed by atoms with Crippen LogP contribution in [0.5, 0.6) is 0 Å². The van der Waals surface area contributed by atoms with Crippen LogP contribution in [0.15, 0.2) is 34.2 Å². The molecule has 0 spiro atoms. The van der Waals surface area contributed by atoms with E-state index in [0.29, 0.717) is 4.60 Å². The molecule has 2 rings (SSSR count). The van der Waals surface area contributed by atoms with Gasteiger partial charge in [-0.2, -0.15) is 13.5 Å². The van der Waals surface area contributed by atoms with Crippen molar-refractivity contribution in [2.45, 2.75) is 11.9 Å². The molecule has 0 fully saturated rings. The van der Waals surface area contributed by atoms with Gasteiger partial charge in [0, 0.05) is 0 Å². The average Bonchev–Trinajstić information content (AvgIpc) is 2.92. The van der Waals surface area contributed by atoms with Crippen LogP contribution < -0.4 is 4.72 Å². The minimum atomic E-state index is -4.00. The molecule has 2 N–H and O–H groups in total. The van der Waals surface area contributed by atoms with Crippen molar-refractivity contribution in [1.29, 1.82) is 0 Å². The number of esters is 1. The van der Waals surface area contributed by atoms with Crippen molar-refractivity contribution >= 4 is 37.6 Å². The lowest BCUT2D eigenvalue weighted by Crippen LogP contribution is -2.17. The second kappa shape index (κ2) is 6.22. The van der Waals surface area contributed by atoms with Crippen molar-refractivity contribution in [3.8, 4) is 0 Å². The molecule has 2 aromatic rings. The highest BCUT2D eigenvalue weighted by Gasteiger charge is 2.26. The van der Waals surface area contributed by atoms with Crippen LogP contribution in [0.2, 0.25) is 0 Å². The summed E-state index contributed by atoms with van der Waals surface area (Å²) in [6.45, 7) is 1.76. The number of aromatic nitrogens is 3. The van der Waals surface area contributed by atoms with Crippen LogP contribution >= 0.6 is 15.9 Å². The number of hydrogen-bond donors (Lipinski definition) is 2. The molecule has 0 radical (unpaired) electrons. The lowest BCUT2D eigenvalue weighted by Gasteiger charge is -2.07. The molecule has 2 heterocycles. The van der Waals surface area contributed by atoms with Gasteiger partial charge in [0.2, 0.25) is 0 Å². The van der Waals surface area contributed by atoms with Gasteiger partial charge in [0.15, 0.2) is 5.03 Å². The predicted molar refractivity (Wildman–Crippen MR) is 77.3 cm³/mol. The second-order valence-corrected chi connectivity index (χ2v) is 6.24. The summed E-state index contributed by atoms with van der Waals surface area (Å²) in [6, 6.07) is 3.10. The number of carbonyl (C=O) groups excluding carboxylic acids is 1. The topological polar surface area (TPSA) is 114 Å². The van der Waals surface area contributed by atoms with Crippen LogP contribution in [-0.2, 0) is 14.8 Å². The molecule has 0 bridgehead atoms. The molecular weight excluding hydrogens is 364 g/mol. The first-order valence-corrected chi connectivity index (χ1v) is 8.06. The zero-order chi connectivity index (χ0) is 15.5. The zero-order valence-corrected chi connectivity index (χ0v) is 13.2. The van der Waals surface area contributed by atoms with Crippen LogP contribution in [0.4, 0.5) is 5.69 Å². The highest BCUT2D eigenvalue weighted by Crippen LogP contribution is 2.18. The van der Waals surface area contributed by atoms with E-state index in [1.165, 1.54) is 12.3 Å². The summed E-state index contributed by atoms with van der Waals surface area (Å²) >= 11 is 3.15. The van der Waals surface area contributed by atoms with Gasteiger partial charge in [0.05, 0.1) is 24.7 Å². The molecule has 21 heavy (non-hydrogen) atoms. The van der Waals surface area contributed by atoms with Crippen LogP contribution in [0.3, 0.4) is 0 Å². The minimum Gasteiger partial charge on any atom is -0.462 e. The lowest BCUT2D eigenvalue weighted by molar-refractivity contribution is 0.0522. The molecule has 0 unspecified atom stereocenters. The first kappa shape index (κ1) is 15.4. The SMILES string of the molecule is CCOC(=O)c1cn[nH]c1S(=O)(=O)Nc1ccc(Br)nc1. The van der Waals surface area contributed by atoms with E-state index in [4.69, 9.17) is 4.74 Å². The van der Waals surface area contributed by atoms with E-state index in [2.05, 4.69) is 35.8 Å². The van der Waals surface area contributed by atoms with Crippen molar-refractivity contribution in [2.75, 3.05) is 11.3 Å². The Kier molecular flexibility index (Phi) is 4.58. The number of H-pyrrole nitrogens is 1. The number of sulfonamides is 1. The third-order valence-electron chi connectivity index (χ3n) is 2.35. The molecule has 0 aliphatic rings. The van der Waals surface area contributed by atoms with Crippen molar-refractivity contribution in [1.82, 2.24) is 15.2 Å². The fraction of sp³-hybridized carbons (Fsp3) is 0.182. The normalized spacial score (nSPS) is 11.1. The summed E-state index contributed by atoms with van der Waals surface area (Å²) in [5.41, 5.74) is 0.0945. The van der Waals surface area contributed by atoms with Crippen molar-refractivity contribution in [3.05, 3.63) is 34.7 Å². The molecule has 112 valence electrons. The number of aromatic amines is 1. The van der Waals surface area contributed by atoms with E-state index in [9.17, 15) is 13.2 Å². The third-order valence-corrected chi connectivity index (χ3v) is 4.17. The number of ether oxygens (including phenoxy) is 1. The maximum Gasteiger partial charge on any atom is 0.342 e. The molecule has 2 aromatic heterocycles. The van der Waals surface area contributed by atoms with Crippen LogP contribution in [-0.4, -0.2) is 36.2 Å². The number of pyridine rings is 1. The van der Waals surface area contributed by atoms with Gasteiger partial charge < -0.3 is 4.74 Å². The molecule has 0 aromatic carbocycles. The molecule has 0 amide bonds. The van der Waals surface area contributed by atoms with E-state index >= 15 is 0 Å². The van der Waals surface area contributed by atoms with E-state index < -0.39 is 16.0 Å². The van der Waals surface area contributed by atoms with E-state index in [1.807, 2.05) is 0 Å². The first-order valence-electron chi connectivity index (χ1n) is 5.79. The Hall–Kier alpha value is -1.94. The number of nitrogens with one attached hydrogen (secondary N) is 2. The Morgan fingerprint density at radius 2 is 2.19 bits per heavy atom. The van der Waals surface area contributed by atoms with Gasteiger partial charge in [0.25, 0.3) is 10.0 Å². The largest absolute Gasteiger partial charge is 0.462 e. The summed E-state index contributed by atoms with van der Waals surface area (Å²) in [6.07, 6.45) is 2.44. The van der Waals surface area contributed by atoms with Gasteiger partial charge in [-0.05, 0) is 35.0 Å². The Balaban J connectivity index is 2.30. The number of anilines is 1. The number of rotatable bonds is 5. The first-order chi connectivity index (χ1) is 9.94. The Morgan fingerprint density at radius 1 is 1.43 bits per heavy atom. The minimum absolute atomic E-state index is 0.133. The van der Waals surface area contributed by atoms with Gasteiger partial charge in [-0.15, -0.1) is 0 Å². The molecule has 0 saturated carbocycles. The fourth-order valence-corrected chi connectivity index (χ4v) is 2.84. The summed E-state index contributed by atoms with van der Waals surface area (Å²) in [5, 5.41) is 5.51. The smallest absolute Gasteiger partial charge is 0.342 e. The van der Waals surface area contributed by atoms with E-state index in [-0.39, 0.29) is 22.9 Å². The molecule has 0 aliphatic carbocycles. The van der Waals surface area contributed by atoms with Crippen LogP contribution in [0.1, 0.15) is 17.3 Å².